The van der Waals surface area contributed by atoms with Gasteiger partial charge in [0.15, 0.2) is 0 Å². The van der Waals surface area contributed by atoms with Crippen LogP contribution in [0.4, 0.5) is 0 Å². The molecule has 0 amide bonds. The number of nitrogens with zero attached hydrogens (tertiary/aromatic N) is 2. The van der Waals surface area contributed by atoms with Gasteiger partial charge in [0.05, 0.1) is 0 Å². The van der Waals surface area contributed by atoms with Gasteiger partial charge in [-0.25, -0.2) is 4.79 Å². The SMILES string of the molecule is CC(C)=CCCC(C)CCCC(=O)C(=[N+]=[N-])C(=O)O. The first-order valence-electron chi connectivity index (χ1n) is 6.50. The summed E-state index contributed by atoms with van der Waals surface area (Å²) in [6, 6.07) is 0. The number of ketones is 1. The highest BCUT2D eigenvalue weighted by Crippen LogP contribution is 2.15. The van der Waals surface area contributed by atoms with Gasteiger partial charge in [-0.2, -0.15) is 4.79 Å². The molecule has 0 aromatic rings. The maximum absolute atomic E-state index is 11.4. The van der Waals surface area contributed by atoms with Gasteiger partial charge in [-0.3, -0.25) is 4.79 Å². The molecule has 0 bridgehead atoms. The summed E-state index contributed by atoms with van der Waals surface area (Å²) in [7, 11) is 0. The van der Waals surface area contributed by atoms with Gasteiger partial charge in [0, 0.05) is 6.42 Å². The van der Waals surface area contributed by atoms with Crippen LogP contribution in [0.1, 0.15) is 52.9 Å². The lowest BCUT2D eigenvalue weighted by Crippen LogP contribution is -2.24. The summed E-state index contributed by atoms with van der Waals surface area (Å²) in [4.78, 5) is 24.5. The Morgan fingerprint density at radius 3 is 2.42 bits per heavy atom. The van der Waals surface area contributed by atoms with Crippen LogP contribution in [-0.4, -0.2) is 27.4 Å². The number of aliphatic carboxylic acids is 1. The van der Waals surface area contributed by atoms with Crippen molar-refractivity contribution in [2.45, 2.75) is 52.9 Å². The third-order valence-electron chi connectivity index (χ3n) is 2.88. The molecule has 0 saturated heterocycles. The highest BCUT2D eigenvalue weighted by atomic mass is 16.4. The lowest BCUT2D eigenvalue weighted by molar-refractivity contribution is -0.136. The van der Waals surface area contributed by atoms with Gasteiger partial charge in [0.25, 0.3) is 5.78 Å². The monoisotopic (exact) mass is 266 g/mol. The number of Topliss-reactive ketones (excluding diaryl/α,β-unsaturated/α-hetero) is 1. The fourth-order valence-corrected chi connectivity index (χ4v) is 1.75. The molecule has 1 N–H and O–H groups in total. The Hall–Kier alpha value is -1.74. The summed E-state index contributed by atoms with van der Waals surface area (Å²) >= 11 is 0. The molecule has 0 aliphatic heterocycles. The molecule has 0 aliphatic rings. The maximum atomic E-state index is 11.4. The molecule has 0 aromatic carbocycles. The fourth-order valence-electron chi connectivity index (χ4n) is 1.75. The number of hydrogen-bond donors (Lipinski definition) is 1. The second-order valence-electron chi connectivity index (χ2n) is 5.03. The van der Waals surface area contributed by atoms with Gasteiger partial charge in [-0.05, 0) is 39.0 Å². The molecule has 0 fully saturated rings. The largest absolute Gasteiger partial charge is 0.472 e. The summed E-state index contributed by atoms with van der Waals surface area (Å²) in [5.41, 5.74) is 8.94. The van der Waals surface area contributed by atoms with Gasteiger partial charge in [0.2, 0.25) is 0 Å². The molecule has 0 radical (unpaired) electrons. The van der Waals surface area contributed by atoms with Crippen molar-refractivity contribution < 1.29 is 19.5 Å². The van der Waals surface area contributed by atoms with E-state index in [9.17, 15) is 9.59 Å². The van der Waals surface area contributed by atoms with Crippen molar-refractivity contribution in [3.05, 3.63) is 17.2 Å². The molecule has 0 spiro atoms. The van der Waals surface area contributed by atoms with Crippen molar-refractivity contribution in [3.63, 3.8) is 0 Å². The van der Waals surface area contributed by atoms with E-state index in [2.05, 4.69) is 31.6 Å². The van der Waals surface area contributed by atoms with E-state index in [0.29, 0.717) is 12.3 Å². The Kier molecular flexibility index (Phi) is 8.38. The lowest BCUT2D eigenvalue weighted by Gasteiger charge is -2.08. The minimum atomic E-state index is -1.48. The van der Waals surface area contributed by atoms with Crippen molar-refractivity contribution in [2.24, 2.45) is 5.92 Å². The van der Waals surface area contributed by atoms with Gasteiger partial charge < -0.3 is 10.6 Å². The quantitative estimate of drug-likeness (QED) is 0.229. The number of hydrogen-bond acceptors (Lipinski definition) is 2. The smallest absolute Gasteiger partial charge is 0.441 e. The zero-order chi connectivity index (χ0) is 14.8. The molecule has 0 aliphatic carbocycles. The molecule has 0 rings (SSSR count). The highest BCUT2D eigenvalue weighted by molar-refractivity contribution is 6.61. The van der Waals surface area contributed by atoms with E-state index in [4.69, 9.17) is 10.6 Å². The molecule has 0 saturated carbocycles. The third-order valence-corrected chi connectivity index (χ3v) is 2.88. The standard InChI is InChI=1S/C14H22N2O3/c1-10(2)6-4-7-11(3)8-5-9-12(17)13(16-15)14(18)19/h6,11H,4-5,7-9H2,1-3H3,(H,18,19). The van der Waals surface area contributed by atoms with Crippen molar-refractivity contribution in [1.82, 2.24) is 0 Å². The first kappa shape index (κ1) is 17.3. The van der Waals surface area contributed by atoms with E-state index in [0.717, 1.165) is 19.3 Å². The second-order valence-corrected chi connectivity index (χ2v) is 5.03. The lowest BCUT2D eigenvalue weighted by atomic mass is 9.97. The van der Waals surface area contributed by atoms with Gasteiger partial charge in [-0.15, -0.1) is 0 Å². The zero-order valence-electron chi connectivity index (χ0n) is 11.8. The minimum Gasteiger partial charge on any atom is -0.472 e. The van der Waals surface area contributed by atoms with Crippen LogP contribution in [0, 0.1) is 5.92 Å². The van der Waals surface area contributed by atoms with Gasteiger partial charge in [-0.1, -0.05) is 25.0 Å². The summed E-state index contributed by atoms with van der Waals surface area (Å²) in [6.45, 7) is 6.23. The first-order chi connectivity index (χ1) is 8.88. The molecule has 5 heteroatoms. The number of rotatable bonds is 9. The van der Waals surface area contributed by atoms with E-state index < -0.39 is 17.5 Å². The van der Waals surface area contributed by atoms with E-state index in [1.54, 1.807) is 0 Å². The minimum absolute atomic E-state index is 0.110. The van der Waals surface area contributed by atoms with E-state index in [1.807, 2.05) is 0 Å². The second kappa shape index (κ2) is 9.22. The van der Waals surface area contributed by atoms with Crippen LogP contribution in [0.5, 0.6) is 0 Å². The Morgan fingerprint density at radius 1 is 1.32 bits per heavy atom. The molecular formula is C14H22N2O3. The number of allylic oxidation sites excluding steroid dienone is 2. The van der Waals surface area contributed by atoms with Gasteiger partial charge in [0.1, 0.15) is 0 Å². The Balaban J connectivity index is 3.97. The Morgan fingerprint density at radius 2 is 1.95 bits per heavy atom. The number of carboxylic acids is 1. The molecule has 0 heterocycles. The fraction of sp³-hybridized carbons (Fsp3) is 0.643. The van der Waals surface area contributed by atoms with Gasteiger partial charge >= 0.3 is 11.7 Å². The summed E-state index contributed by atoms with van der Waals surface area (Å²) in [5.74, 6) is -1.61. The predicted octanol–water partition coefficient (Wildman–Crippen LogP) is 2.86. The van der Waals surface area contributed by atoms with Crippen molar-refractivity contribution in [2.75, 3.05) is 0 Å². The van der Waals surface area contributed by atoms with Crippen LogP contribution in [0.2, 0.25) is 0 Å². The van der Waals surface area contributed by atoms with Crippen molar-refractivity contribution >= 4 is 17.5 Å². The molecule has 1 unspecified atom stereocenters. The zero-order valence-corrected chi connectivity index (χ0v) is 11.8. The number of carboxylic acid groups (broad SMARTS) is 1. The van der Waals surface area contributed by atoms with E-state index >= 15 is 0 Å². The Bertz CT molecular complexity index is 403. The van der Waals surface area contributed by atoms with Crippen LogP contribution in [0.3, 0.4) is 0 Å². The number of carbonyl (C=O) groups excluding carboxylic acids is 1. The van der Waals surface area contributed by atoms with Crippen LogP contribution >= 0.6 is 0 Å². The maximum Gasteiger partial charge on any atom is 0.441 e. The van der Waals surface area contributed by atoms with Crippen LogP contribution in [-0.2, 0) is 9.59 Å². The molecule has 19 heavy (non-hydrogen) atoms. The predicted molar refractivity (Wildman–Crippen MR) is 72.9 cm³/mol. The molecular weight excluding hydrogens is 244 g/mol. The molecule has 106 valence electrons. The summed E-state index contributed by atoms with van der Waals surface area (Å²) in [6.07, 6.45) is 5.85. The topological polar surface area (TPSA) is 90.8 Å². The van der Waals surface area contributed by atoms with E-state index in [-0.39, 0.29) is 6.42 Å². The molecule has 0 aromatic heterocycles. The Labute approximate surface area is 113 Å². The van der Waals surface area contributed by atoms with E-state index in [1.165, 1.54) is 5.57 Å². The molecule has 5 nitrogen and oxygen atoms in total. The highest BCUT2D eigenvalue weighted by Gasteiger charge is 2.27. The summed E-state index contributed by atoms with van der Waals surface area (Å²) < 4.78 is 0. The first-order valence-corrected chi connectivity index (χ1v) is 6.50. The average molecular weight is 266 g/mol. The number of carbonyl (C=O) groups is 2. The van der Waals surface area contributed by atoms with Crippen molar-refractivity contribution in [1.29, 1.82) is 0 Å². The van der Waals surface area contributed by atoms with Crippen LogP contribution < -0.4 is 0 Å². The van der Waals surface area contributed by atoms with Crippen LogP contribution in [0.25, 0.3) is 5.53 Å². The van der Waals surface area contributed by atoms with Crippen LogP contribution in [0.15, 0.2) is 11.6 Å². The third kappa shape index (κ3) is 8.06. The summed E-state index contributed by atoms with van der Waals surface area (Å²) in [5, 5.41) is 8.60. The van der Waals surface area contributed by atoms with Crippen molar-refractivity contribution in [3.8, 4) is 0 Å². The average Bonchev–Trinajstić information content (AvgIpc) is 2.28. The molecule has 1 atom stereocenters. The normalized spacial score (nSPS) is 11.3.